The Labute approximate surface area is 247 Å². The molecule has 0 saturated carbocycles. The summed E-state index contributed by atoms with van der Waals surface area (Å²) in [7, 11) is 0. The van der Waals surface area contributed by atoms with Gasteiger partial charge in [0, 0.05) is 49.6 Å². The maximum atomic E-state index is 13.6. The zero-order valence-electron chi connectivity index (χ0n) is 23.1. The van der Waals surface area contributed by atoms with Gasteiger partial charge >= 0.3 is 0 Å². The van der Waals surface area contributed by atoms with Gasteiger partial charge in [0.15, 0.2) is 0 Å². The first-order chi connectivity index (χ1) is 19.9. The first kappa shape index (κ1) is 32.1. The third-order valence-electron chi connectivity index (χ3n) is 6.82. The minimum Gasteiger partial charge on any atom is -0.370 e. The van der Waals surface area contributed by atoms with Gasteiger partial charge in [-0.2, -0.15) is 0 Å². The second-order valence-corrected chi connectivity index (χ2v) is 10.5. The average Bonchev–Trinajstić information content (AvgIpc) is 3.63. The summed E-state index contributed by atoms with van der Waals surface area (Å²) in [6, 6.07) is 2.37. The normalized spacial score (nSPS) is 16.6. The van der Waals surface area contributed by atoms with E-state index < -0.39 is 59.6 Å². The molecule has 1 aliphatic heterocycles. The van der Waals surface area contributed by atoms with Crippen LogP contribution in [0.2, 0.25) is 5.02 Å². The molecule has 4 atom stereocenters. The number of halogens is 1. The summed E-state index contributed by atoms with van der Waals surface area (Å²) >= 11 is 6.00. The number of benzene rings is 1. The van der Waals surface area contributed by atoms with Crippen LogP contribution in [-0.4, -0.2) is 81.0 Å². The van der Waals surface area contributed by atoms with Crippen LogP contribution in [0.5, 0.6) is 0 Å². The maximum absolute atomic E-state index is 13.6. The van der Waals surface area contributed by atoms with Gasteiger partial charge in [-0.15, -0.1) is 0 Å². The van der Waals surface area contributed by atoms with Gasteiger partial charge in [0.05, 0.1) is 6.33 Å². The summed E-state index contributed by atoms with van der Waals surface area (Å²) < 4.78 is 0. The fourth-order valence-electron chi connectivity index (χ4n) is 4.75. The molecular weight excluding hydrogens is 568 g/mol. The maximum Gasteiger partial charge on any atom is 0.246 e. The zero-order valence-corrected chi connectivity index (χ0v) is 23.9. The number of aromatic amines is 1. The molecule has 1 fully saturated rings. The molecule has 0 bridgehead atoms. The first-order valence-corrected chi connectivity index (χ1v) is 13.8. The molecule has 1 aromatic carbocycles. The molecule has 3 rings (SSSR count). The lowest BCUT2D eigenvalue weighted by molar-refractivity contribution is -0.141. The Morgan fingerprint density at radius 1 is 1.00 bits per heavy atom. The molecule has 226 valence electrons. The lowest BCUT2D eigenvalue weighted by Gasteiger charge is -2.29. The van der Waals surface area contributed by atoms with Crippen LogP contribution in [0.1, 0.15) is 43.9 Å². The van der Waals surface area contributed by atoms with Crippen molar-refractivity contribution >= 4 is 47.0 Å². The van der Waals surface area contributed by atoms with E-state index >= 15 is 0 Å². The van der Waals surface area contributed by atoms with E-state index in [1.165, 1.54) is 24.3 Å². The quantitative estimate of drug-likeness (QED) is 0.159. The Balaban J connectivity index is 1.84. The molecule has 8 N–H and O–H groups in total. The average molecular weight is 603 g/mol. The van der Waals surface area contributed by atoms with E-state index in [2.05, 4.69) is 25.9 Å². The van der Waals surface area contributed by atoms with E-state index in [0.29, 0.717) is 29.1 Å². The highest BCUT2D eigenvalue weighted by Crippen LogP contribution is 2.20. The minimum absolute atomic E-state index is 0.0502. The third kappa shape index (κ3) is 9.29. The molecule has 0 unspecified atom stereocenters. The van der Waals surface area contributed by atoms with Crippen LogP contribution in [0.15, 0.2) is 36.8 Å². The predicted molar refractivity (Wildman–Crippen MR) is 151 cm³/mol. The van der Waals surface area contributed by atoms with E-state index in [1.807, 2.05) is 0 Å². The Bertz CT molecular complexity index is 1290. The van der Waals surface area contributed by atoms with E-state index in [0.717, 1.165) is 0 Å². The number of hydrogen-bond donors (Lipinski definition) is 6. The number of amides is 6. The van der Waals surface area contributed by atoms with Crippen molar-refractivity contribution in [2.24, 2.45) is 11.5 Å². The second kappa shape index (κ2) is 15.0. The van der Waals surface area contributed by atoms with Gasteiger partial charge < -0.3 is 37.3 Å². The molecule has 0 spiro atoms. The summed E-state index contributed by atoms with van der Waals surface area (Å²) in [5.41, 5.74) is 12.1. The molecule has 1 aliphatic rings. The molecule has 0 aliphatic carbocycles. The van der Waals surface area contributed by atoms with Crippen LogP contribution in [0.4, 0.5) is 0 Å². The van der Waals surface area contributed by atoms with Crippen molar-refractivity contribution in [1.82, 2.24) is 30.8 Å². The molecule has 15 heteroatoms. The monoisotopic (exact) mass is 602 g/mol. The summed E-state index contributed by atoms with van der Waals surface area (Å²) in [5.74, 6) is -3.79. The number of imidazole rings is 1. The van der Waals surface area contributed by atoms with Crippen molar-refractivity contribution in [1.29, 1.82) is 0 Å². The van der Waals surface area contributed by atoms with Crippen LogP contribution in [0, 0.1) is 0 Å². The number of H-pyrrole nitrogens is 1. The topological polar surface area (TPSA) is 222 Å². The summed E-state index contributed by atoms with van der Waals surface area (Å²) in [4.78, 5) is 83.9. The molecule has 1 saturated heterocycles. The number of rotatable bonds is 14. The SMILES string of the molecule is CC(=O)N[C@@H](Cc1cnc[nH]1)C(=O)N[C@@H](CCC(N)=O)C(=O)N[C@H](Cc1ccc(Cl)cc1)C(=O)N1CCC[C@@H]1C(N)=O. The fourth-order valence-corrected chi connectivity index (χ4v) is 4.88. The Morgan fingerprint density at radius 2 is 1.67 bits per heavy atom. The lowest BCUT2D eigenvalue weighted by Crippen LogP contribution is -2.58. The van der Waals surface area contributed by atoms with Crippen LogP contribution in [0.3, 0.4) is 0 Å². The van der Waals surface area contributed by atoms with Crippen molar-refractivity contribution in [3.8, 4) is 0 Å². The number of aromatic nitrogens is 2. The van der Waals surface area contributed by atoms with Crippen molar-refractivity contribution in [2.75, 3.05) is 6.54 Å². The van der Waals surface area contributed by atoms with E-state index in [-0.39, 0.29) is 32.2 Å². The number of nitrogens with one attached hydrogen (secondary N) is 4. The van der Waals surface area contributed by atoms with Crippen molar-refractivity contribution in [3.05, 3.63) is 53.1 Å². The van der Waals surface area contributed by atoms with Crippen LogP contribution < -0.4 is 27.4 Å². The number of carbonyl (C=O) groups excluding carboxylic acids is 6. The van der Waals surface area contributed by atoms with Gasteiger partial charge in [-0.3, -0.25) is 28.8 Å². The largest absolute Gasteiger partial charge is 0.370 e. The van der Waals surface area contributed by atoms with Crippen LogP contribution >= 0.6 is 11.6 Å². The molecular formula is C27H35ClN8O6. The second-order valence-electron chi connectivity index (χ2n) is 10.1. The van der Waals surface area contributed by atoms with Gasteiger partial charge in [0.25, 0.3) is 0 Å². The number of likely N-dealkylation sites (tertiary alicyclic amines) is 1. The summed E-state index contributed by atoms with van der Waals surface area (Å²) in [6.45, 7) is 1.53. The fraction of sp³-hybridized carbons (Fsp3) is 0.444. The van der Waals surface area contributed by atoms with Crippen molar-refractivity contribution in [2.45, 2.75) is 69.6 Å². The Kier molecular flexibility index (Phi) is 11.4. The summed E-state index contributed by atoms with van der Waals surface area (Å²) in [6.07, 6.45) is 3.58. The minimum atomic E-state index is -1.28. The highest BCUT2D eigenvalue weighted by Gasteiger charge is 2.38. The molecule has 14 nitrogen and oxygen atoms in total. The van der Waals surface area contributed by atoms with Gasteiger partial charge in [-0.05, 0) is 37.0 Å². The first-order valence-electron chi connectivity index (χ1n) is 13.4. The van der Waals surface area contributed by atoms with Crippen LogP contribution in [0.25, 0.3) is 0 Å². The zero-order chi connectivity index (χ0) is 30.8. The standard InChI is InChI=1S/C27H35ClN8O6/c1-15(37)33-20(12-18-13-31-14-32-18)26(41)34-19(8-9-23(29)38)25(40)35-21(11-16-4-6-17(28)7-5-16)27(42)36-10-2-3-22(36)24(30)39/h4-7,13-14,19-22H,2-3,8-12H2,1H3,(H2,29,38)(H2,30,39)(H,31,32)(H,33,37)(H,34,41)(H,35,40)/t19-,20-,21+,22+/m0/s1. The molecule has 0 radical (unpaired) electrons. The third-order valence-corrected chi connectivity index (χ3v) is 7.07. The van der Waals surface area contributed by atoms with Gasteiger partial charge in [0.1, 0.15) is 24.2 Å². The number of nitrogens with zero attached hydrogens (tertiary/aromatic N) is 2. The molecule has 42 heavy (non-hydrogen) atoms. The van der Waals surface area contributed by atoms with E-state index in [9.17, 15) is 28.8 Å². The van der Waals surface area contributed by atoms with Gasteiger partial charge in [0.2, 0.25) is 35.4 Å². The predicted octanol–water partition coefficient (Wildman–Crippen LogP) is -0.936. The number of nitrogens with two attached hydrogens (primary N) is 2. The number of carbonyl (C=O) groups is 6. The van der Waals surface area contributed by atoms with Gasteiger partial charge in [-0.1, -0.05) is 23.7 Å². The highest BCUT2D eigenvalue weighted by atomic mass is 35.5. The van der Waals surface area contributed by atoms with Crippen molar-refractivity contribution < 1.29 is 28.8 Å². The van der Waals surface area contributed by atoms with E-state index in [4.69, 9.17) is 23.1 Å². The van der Waals surface area contributed by atoms with E-state index in [1.54, 1.807) is 24.3 Å². The molecule has 2 aromatic rings. The summed E-state index contributed by atoms with van der Waals surface area (Å²) in [5, 5.41) is 8.28. The lowest BCUT2D eigenvalue weighted by atomic mass is 10.0. The highest BCUT2D eigenvalue weighted by molar-refractivity contribution is 6.30. The number of hydrogen-bond acceptors (Lipinski definition) is 7. The molecule has 2 heterocycles. The molecule has 6 amide bonds. The molecule has 1 aromatic heterocycles. The Morgan fingerprint density at radius 3 is 2.26 bits per heavy atom. The van der Waals surface area contributed by atoms with Gasteiger partial charge in [-0.25, -0.2) is 4.98 Å². The van der Waals surface area contributed by atoms with Crippen LogP contribution in [-0.2, 0) is 41.6 Å². The van der Waals surface area contributed by atoms with Crippen molar-refractivity contribution in [3.63, 3.8) is 0 Å². The Hall–Kier alpha value is -4.46. The smallest absolute Gasteiger partial charge is 0.246 e. The number of primary amides is 2.